The topological polar surface area (TPSA) is 264 Å². The third-order valence-electron chi connectivity index (χ3n) is 8.05. The normalized spacial score (nSPS) is 11.0. The Hall–Kier alpha value is -4.24. The van der Waals surface area contributed by atoms with E-state index in [2.05, 4.69) is 50.3 Å². The van der Waals surface area contributed by atoms with Crippen molar-refractivity contribution in [1.29, 1.82) is 0 Å². The molecule has 67 heavy (non-hydrogen) atoms. The highest BCUT2D eigenvalue weighted by atomic mass is 16.6. The average Bonchev–Trinajstić information content (AvgIpc) is 3.34. The number of nitrogens with zero attached hydrogens (tertiary/aromatic N) is 1. The van der Waals surface area contributed by atoms with E-state index >= 15 is 0 Å². The van der Waals surface area contributed by atoms with E-state index in [9.17, 15) is 28.8 Å². The maximum absolute atomic E-state index is 12.7. The molecular weight excluding hydrogens is 865 g/mol. The molecule has 0 bridgehead atoms. The van der Waals surface area contributed by atoms with Crippen LogP contribution in [0, 0.1) is 5.92 Å². The molecule has 1 rings (SSSR count). The molecule has 3 unspecified atom stereocenters. The Labute approximate surface area is 406 Å². The van der Waals surface area contributed by atoms with Gasteiger partial charge in [-0.2, -0.15) is 0 Å². The lowest BCUT2D eigenvalue weighted by atomic mass is 10.0. The Kier molecular flexibility index (Phi) is 68.5. The number of rotatable bonds is 34. The van der Waals surface area contributed by atoms with E-state index in [4.69, 9.17) is 30.4 Å². The summed E-state index contributed by atoms with van der Waals surface area (Å²) in [6.45, 7) is 25.9. The van der Waals surface area contributed by atoms with Gasteiger partial charge in [0.1, 0.15) is 25.0 Å². The number of hydrogen-bond donors (Lipinski definition) is 7. The number of nitrogens with one attached hydrogen (secondary N) is 5. The van der Waals surface area contributed by atoms with E-state index in [0.717, 1.165) is 37.8 Å². The molecule has 0 radical (unpaired) electrons. The smallest absolute Gasteiger partial charge is 0.312 e. The molecule has 1 aromatic rings. The minimum absolute atomic E-state index is 0.0483. The Morgan fingerprint density at radius 3 is 1.64 bits per heavy atom. The van der Waals surface area contributed by atoms with Gasteiger partial charge >= 0.3 is 6.03 Å². The second-order valence-corrected chi connectivity index (χ2v) is 13.7. The standard InChI is InChI=1S/C23H46N6O8.C9H20N2O.C8H8O2.4C2H6/c1-17(2)20(22(32)28-18(21(24)31)5-4-7-27-23(25)33)29-19(30)6-9-34-11-13-36-15-16-37-14-12-35-10-8-26-3;1-10-9(8-12)6-4-5-7-11(2)3;9-7-10-6-8-4-2-1-3-5-8;4*1-2/h17-18,20,26H,4-16H2,1-3H3,(H2,24,31)(H,28,32)(H,29,30)(H3,25,27,33);8-10H,4-7H2,1-3H3;1-5,7H,6H2;4*1-2H3. The van der Waals surface area contributed by atoms with Gasteiger partial charge in [0.2, 0.25) is 17.7 Å². The number of aldehydes is 1. The van der Waals surface area contributed by atoms with Crippen LogP contribution < -0.4 is 38.1 Å². The van der Waals surface area contributed by atoms with Crippen LogP contribution in [0.1, 0.15) is 113 Å². The number of primary amides is 2. The summed E-state index contributed by atoms with van der Waals surface area (Å²) < 4.78 is 26.0. The van der Waals surface area contributed by atoms with Crippen LogP contribution in [-0.4, -0.2) is 160 Å². The molecule has 0 aromatic heterocycles. The van der Waals surface area contributed by atoms with Crippen molar-refractivity contribution in [1.82, 2.24) is 31.5 Å². The third-order valence-corrected chi connectivity index (χ3v) is 8.05. The summed E-state index contributed by atoms with van der Waals surface area (Å²) in [5, 5.41) is 13.6. The summed E-state index contributed by atoms with van der Waals surface area (Å²) in [5.41, 5.74) is 11.4. The Morgan fingerprint density at radius 2 is 1.21 bits per heavy atom. The number of benzene rings is 1. The summed E-state index contributed by atoms with van der Waals surface area (Å²) >= 11 is 0. The zero-order valence-corrected chi connectivity index (χ0v) is 44.2. The zero-order valence-electron chi connectivity index (χ0n) is 44.2. The van der Waals surface area contributed by atoms with Gasteiger partial charge in [-0.3, -0.25) is 19.2 Å². The first-order valence-electron chi connectivity index (χ1n) is 24.1. The first-order chi connectivity index (χ1) is 32.3. The second-order valence-electron chi connectivity index (χ2n) is 13.7. The van der Waals surface area contributed by atoms with Crippen molar-refractivity contribution >= 4 is 36.5 Å². The highest BCUT2D eigenvalue weighted by Crippen LogP contribution is 2.05. The molecule has 3 atom stereocenters. The first-order valence-corrected chi connectivity index (χ1v) is 24.1. The molecule has 0 saturated heterocycles. The lowest BCUT2D eigenvalue weighted by Crippen LogP contribution is -2.54. The molecule has 0 fully saturated rings. The fraction of sp³-hybridized carbons (Fsp3) is 0.750. The van der Waals surface area contributed by atoms with E-state index in [1.807, 2.05) is 99.8 Å². The first kappa shape index (κ1) is 74.3. The summed E-state index contributed by atoms with van der Waals surface area (Å²) in [7, 11) is 7.82. The molecule has 0 aliphatic rings. The van der Waals surface area contributed by atoms with Gasteiger partial charge < -0.3 is 71.4 Å². The molecule has 19 heteroatoms. The van der Waals surface area contributed by atoms with Gasteiger partial charge in [0, 0.05) is 19.5 Å². The van der Waals surface area contributed by atoms with E-state index in [-0.39, 0.29) is 43.9 Å². The minimum atomic E-state index is -0.939. The number of ether oxygens (including phenoxy) is 5. The Balaban J connectivity index is -0.000000250. The number of hydrogen-bond acceptors (Lipinski definition) is 14. The van der Waals surface area contributed by atoms with Crippen molar-refractivity contribution in [3.8, 4) is 0 Å². The number of unbranched alkanes of at least 4 members (excludes halogenated alkanes) is 1. The van der Waals surface area contributed by atoms with Gasteiger partial charge in [-0.25, -0.2) is 4.79 Å². The third kappa shape index (κ3) is 57.8. The quantitative estimate of drug-likeness (QED) is 0.0378. The van der Waals surface area contributed by atoms with Gasteiger partial charge in [0.25, 0.3) is 6.47 Å². The lowest BCUT2D eigenvalue weighted by molar-refractivity contribution is -0.132. The number of urea groups is 1. The monoisotopic (exact) mass is 963 g/mol. The van der Waals surface area contributed by atoms with E-state index in [0.29, 0.717) is 65.7 Å². The van der Waals surface area contributed by atoms with Crippen molar-refractivity contribution in [2.75, 3.05) is 101 Å². The van der Waals surface area contributed by atoms with Crippen LogP contribution >= 0.6 is 0 Å². The van der Waals surface area contributed by atoms with Crippen LogP contribution in [0.5, 0.6) is 0 Å². The number of amides is 5. The summed E-state index contributed by atoms with van der Waals surface area (Å²) in [6.07, 6.45) is 4.87. The van der Waals surface area contributed by atoms with Gasteiger partial charge in [-0.15, -0.1) is 0 Å². The molecular formula is C48H98N8O11. The molecule has 0 aliphatic carbocycles. The van der Waals surface area contributed by atoms with Crippen molar-refractivity contribution in [2.24, 2.45) is 17.4 Å². The van der Waals surface area contributed by atoms with Crippen LogP contribution in [0.3, 0.4) is 0 Å². The molecule has 9 N–H and O–H groups in total. The molecule has 0 spiro atoms. The largest absolute Gasteiger partial charge is 0.463 e. The van der Waals surface area contributed by atoms with Gasteiger partial charge in [0.05, 0.1) is 58.9 Å². The van der Waals surface area contributed by atoms with Crippen LogP contribution in [0.25, 0.3) is 0 Å². The number of carbonyl (C=O) groups is 6. The maximum Gasteiger partial charge on any atom is 0.312 e. The Morgan fingerprint density at radius 1 is 0.687 bits per heavy atom. The Bertz CT molecular complexity index is 1220. The highest BCUT2D eigenvalue weighted by molar-refractivity contribution is 5.91. The van der Waals surface area contributed by atoms with Crippen molar-refractivity contribution in [3.05, 3.63) is 35.9 Å². The predicted octanol–water partition coefficient (Wildman–Crippen LogP) is 4.19. The number of nitrogens with two attached hydrogens (primary N) is 2. The fourth-order valence-electron chi connectivity index (χ4n) is 4.72. The fourth-order valence-corrected chi connectivity index (χ4v) is 4.72. The SMILES string of the molecule is CC.CC.CC.CC.CNC(C=O)CCCCN(C)C.CNCCOCCOCCOCCOCCC(=O)NC(C(=O)NC(CCCNC(N)=O)C(N)=O)C(C)C.O=COCc1ccccc1. The summed E-state index contributed by atoms with van der Waals surface area (Å²) in [5.74, 6) is -1.82. The number of likely N-dealkylation sites (N-methyl/N-ethyl adjacent to an activating group) is 2. The lowest BCUT2D eigenvalue weighted by Gasteiger charge is -2.24. The van der Waals surface area contributed by atoms with Gasteiger partial charge in [-0.05, 0) is 71.9 Å². The molecule has 0 aliphatic heterocycles. The molecule has 1 aromatic carbocycles. The van der Waals surface area contributed by atoms with Crippen molar-refractivity contribution in [2.45, 2.75) is 132 Å². The van der Waals surface area contributed by atoms with Gasteiger partial charge in [-0.1, -0.05) is 106 Å². The van der Waals surface area contributed by atoms with Crippen LogP contribution in [-0.2, 0) is 54.3 Å². The molecule has 5 amide bonds. The minimum Gasteiger partial charge on any atom is -0.463 e. The molecule has 396 valence electrons. The maximum atomic E-state index is 12.7. The van der Waals surface area contributed by atoms with E-state index < -0.39 is 29.9 Å². The highest BCUT2D eigenvalue weighted by Gasteiger charge is 2.27. The van der Waals surface area contributed by atoms with Crippen LogP contribution in [0.4, 0.5) is 4.79 Å². The second kappa shape index (κ2) is 61.8. The van der Waals surface area contributed by atoms with Gasteiger partial charge in [0.15, 0.2) is 0 Å². The molecule has 0 saturated carbocycles. The summed E-state index contributed by atoms with van der Waals surface area (Å²) in [6, 6.07) is 7.12. The van der Waals surface area contributed by atoms with Crippen LogP contribution in [0.2, 0.25) is 0 Å². The zero-order chi connectivity index (χ0) is 52.5. The average molecular weight is 963 g/mol. The summed E-state index contributed by atoms with van der Waals surface area (Å²) in [4.78, 5) is 69.7. The van der Waals surface area contributed by atoms with E-state index in [1.165, 1.54) is 6.42 Å². The van der Waals surface area contributed by atoms with Crippen LogP contribution in [0.15, 0.2) is 30.3 Å². The van der Waals surface area contributed by atoms with Crippen molar-refractivity contribution in [3.63, 3.8) is 0 Å². The predicted molar refractivity (Wildman–Crippen MR) is 271 cm³/mol. The van der Waals surface area contributed by atoms with E-state index in [1.54, 1.807) is 13.8 Å². The molecule has 19 nitrogen and oxygen atoms in total. The van der Waals surface area contributed by atoms with Crippen molar-refractivity contribution < 1.29 is 52.5 Å². The number of carbonyl (C=O) groups excluding carboxylic acids is 6. The molecule has 0 heterocycles.